The van der Waals surface area contributed by atoms with Crippen LogP contribution in [0.2, 0.25) is 10.2 Å². The number of halogens is 2. The zero-order valence-electron chi connectivity index (χ0n) is 10.2. The smallest absolute Gasteiger partial charge is 0.253 e. The van der Waals surface area contributed by atoms with Crippen LogP contribution in [0.3, 0.4) is 0 Å². The van der Waals surface area contributed by atoms with Crippen LogP contribution in [0.25, 0.3) is 0 Å². The van der Waals surface area contributed by atoms with Crippen molar-refractivity contribution in [1.29, 1.82) is 0 Å². The Morgan fingerprint density at radius 3 is 2.95 bits per heavy atom. The Balaban J connectivity index is 1.98. The summed E-state index contributed by atoms with van der Waals surface area (Å²) < 4.78 is 1.89. The molecule has 0 saturated heterocycles. The number of carbonyl (C=O) groups excluding carboxylic acids is 1. The summed E-state index contributed by atoms with van der Waals surface area (Å²) in [6.45, 7) is 2.54. The number of nitrogens with zero attached hydrogens (tertiary/aromatic N) is 3. The van der Waals surface area contributed by atoms with Crippen molar-refractivity contribution in [2.24, 2.45) is 0 Å². The first-order valence-electron chi connectivity index (χ1n) is 5.64. The van der Waals surface area contributed by atoms with Crippen LogP contribution in [-0.2, 0) is 6.54 Å². The quantitative estimate of drug-likeness (QED) is 0.882. The maximum Gasteiger partial charge on any atom is 0.253 e. The molecule has 0 aromatic carbocycles. The number of hydrogen-bond acceptors (Lipinski definition) is 3. The lowest BCUT2D eigenvalue weighted by atomic mass is 10.2. The maximum atomic E-state index is 12.0. The van der Waals surface area contributed by atoms with Gasteiger partial charge in [-0.1, -0.05) is 23.2 Å². The average molecular weight is 299 g/mol. The zero-order valence-corrected chi connectivity index (χ0v) is 11.7. The van der Waals surface area contributed by atoms with Crippen molar-refractivity contribution in [3.8, 4) is 0 Å². The predicted octanol–water partition coefficient (Wildman–Crippen LogP) is 2.40. The molecule has 0 saturated carbocycles. The third-order valence-corrected chi connectivity index (χ3v) is 3.17. The van der Waals surface area contributed by atoms with E-state index < -0.39 is 0 Å². The number of amides is 1. The molecule has 2 heterocycles. The van der Waals surface area contributed by atoms with Crippen LogP contribution in [0.5, 0.6) is 0 Å². The van der Waals surface area contributed by atoms with Gasteiger partial charge in [-0.15, -0.1) is 0 Å². The molecule has 0 aliphatic heterocycles. The Morgan fingerprint density at radius 1 is 1.53 bits per heavy atom. The van der Waals surface area contributed by atoms with Crippen molar-refractivity contribution < 1.29 is 4.79 Å². The topological polar surface area (TPSA) is 59.8 Å². The van der Waals surface area contributed by atoms with Crippen LogP contribution < -0.4 is 5.32 Å². The van der Waals surface area contributed by atoms with Gasteiger partial charge in [0.05, 0.1) is 16.9 Å². The number of imidazole rings is 1. The van der Waals surface area contributed by atoms with Gasteiger partial charge in [0.1, 0.15) is 5.15 Å². The summed E-state index contributed by atoms with van der Waals surface area (Å²) in [5.74, 6) is -0.237. The van der Waals surface area contributed by atoms with Gasteiger partial charge in [-0.25, -0.2) is 9.97 Å². The van der Waals surface area contributed by atoms with E-state index in [1.54, 1.807) is 12.5 Å². The lowest BCUT2D eigenvalue weighted by molar-refractivity contribution is 0.0936. The van der Waals surface area contributed by atoms with Crippen LogP contribution in [0.1, 0.15) is 17.3 Å². The molecular formula is C12H12Cl2N4O. The number of nitrogens with one attached hydrogen (secondary N) is 1. The Hall–Kier alpha value is -1.59. The summed E-state index contributed by atoms with van der Waals surface area (Å²) in [5, 5.41) is 3.30. The number of aromatic nitrogens is 3. The lowest BCUT2D eigenvalue weighted by Crippen LogP contribution is -2.35. The predicted molar refractivity (Wildman–Crippen MR) is 73.4 cm³/mol. The Kier molecular flexibility index (Phi) is 4.39. The fourth-order valence-corrected chi connectivity index (χ4v) is 1.88. The summed E-state index contributed by atoms with van der Waals surface area (Å²) in [6.07, 6.45) is 6.62. The van der Waals surface area contributed by atoms with Crippen LogP contribution in [0.15, 0.2) is 31.0 Å². The molecule has 5 nitrogen and oxygen atoms in total. The number of carbonyl (C=O) groups is 1. The highest BCUT2D eigenvalue weighted by molar-refractivity contribution is 6.41. The molecule has 1 unspecified atom stereocenters. The highest BCUT2D eigenvalue weighted by atomic mass is 35.5. The van der Waals surface area contributed by atoms with Crippen molar-refractivity contribution in [3.63, 3.8) is 0 Å². The fraction of sp³-hybridized carbons (Fsp3) is 0.250. The lowest BCUT2D eigenvalue weighted by Gasteiger charge is -2.14. The molecule has 0 radical (unpaired) electrons. The molecule has 2 rings (SSSR count). The van der Waals surface area contributed by atoms with Crippen molar-refractivity contribution in [3.05, 3.63) is 46.7 Å². The van der Waals surface area contributed by atoms with Gasteiger partial charge < -0.3 is 9.88 Å². The molecule has 0 spiro atoms. The monoisotopic (exact) mass is 298 g/mol. The van der Waals surface area contributed by atoms with Crippen molar-refractivity contribution in [2.45, 2.75) is 19.5 Å². The molecule has 100 valence electrons. The second-order valence-corrected chi connectivity index (χ2v) is 4.90. The van der Waals surface area contributed by atoms with Crippen molar-refractivity contribution in [1.82, 2.24) is 19.9 Å². The van der Waals surface area contributed by atoms with Crippen LogP contribution >= 0.6 is 23.2 Å². The second kappa shape index (κ2) is 6.04. The van der Waals surface area contributed by atoms with Crippen LogP contribution in [-0.4, -0.2) is 26.5 Å². The van der Waals surface area contributed by atoms with Gasteiger partial charge in [0.2, 0.25) is 0 Å². The van der Waals surface area contributed by atoms with Gasteiger partial charge in [0.25, 0.3) is 5.91 Å². The molecule has 7 heteroatoms. The first-order valence-corrected chi connectivity index (χ1v) is 6.39. The summed E-state index contributed by atoms with van der Waals surface area (Å²) in [7, 11) is 0. The van der Waals surface area contributed by atoms with Gasteiger partial charge >= 0.3 is 0 Å². The highest BCUT2D eigenvalue weighted by Gasteiger charge is 2.12. The van der Waals surface area contributed by atoms with E-state index in [1.165, 1.54) is 12.3 Å². The molecule has 0 aliphatic rings. The normalized spacial score (nSPS) is 12.2. The molecule has 0 aliphatic carbocycles. The largest absolute Gasteiger partial charge is 0.348 e. The fourth-order valence-electron chi connectivity index (χ4n) is 1.61. The first-order chi connectivity index (χ1) is 9.06. The van der Waals surface area contributed by atoms with Gasteiger partial charge in [0.15, 0.2) is 0 Å². The van der Waals surface area contributed by atoms with E-state index in [0.717, 1.165) is 0 Å². The molecule has 1 amide bonds. The molecule has 2 aromatic heterocycles. The van der Waals surface area contributed by atoms with E-state index >= 15 is 0 Å². The summed E-state index contributed by atoms with van der Waals surface area (Å²) in [5.41, 5.74) is 0.381. The van der Waals surface area contributed by atoms with Gasteiger partial charge in [0, 0.05) is 31.2 Å². The SMILES string of the molecule is CC(Cn1ccnc1)NC(=O)c1cnc(Cl)c(Cl)c1. The minimum Gasteiger partial charge on any atom is -0.348 e. The first kappa shape index (κ1) is 13.8. The Labute approximate surface area is 120 Å². The van der Waals surface area contributed by atoms with E-state index in [0.29, 0.717) is 12.1 Å². The molecule has 1 atom stereocenters. The minimum atomic E-state index is -0.237. The zero-order chi connectivity index (χ0) is 13.8. The Bertz CT molecular complexity index is 571. The van der Waals surface area contributed by atoms with Crippen LogP contribution in [0, 0.1) is 0 Å². The summed E-state index contributed by atoms with van der Waals surface area (Å²) in [6, 6.07) is 1.45. The molecule has 0 fully saturated rings. The van der Waals surface area contributed by atoms with E-state index in [9.17, 15) is 4.79 Å². The van der Waals surface area contributed by atoms with E-state index in [1.807, 2.05) is 17.7 Å². The summed E-state index contributed by atoms with van der Waals surface area (Å²) >= 11 is 11.5. The Morgan fingerprint density at radius 2 is 2.32 bits per heavy atom. The molecule has 2 aromatic rings. The number of pyridine rings is 1. The van der Waals surface area contributed by atoms with E-state index in [-0.39, 0.29) is 22.1 Å². The standard InChI is InChI=1S/C12H12Cl2N4O/c1-8(6-18-3-2-15-7-18)17-12(19)9-4-10(13)11(14)16-5-9/h2-5,7-8H,6H2,1H3,(H,17,19). The van der Waals surface area contributed by atoms with E-state index in [4.69, 9.17) is 23.2 Å². The van der Waals surface area contributed by atoms with Crippen LogP contribution in [0.4, 0.5) is 0 Å². The summed E-state index contributed by atoms with van der Waals surface area (Å²) in [4.78, 5) is 19.8. The third-order valence-electron chi connectivity index (χ3n) is 2.48. The second-order valence-electron chi connectivity index (χ2n) is 4.13. The average Bonchev–Trinajstić information content (AvgIpc) is 2.85. The van der Waals surface area contributed by atoms with E-state index in [2.05, 4.69) is 15.3 Å². The molecule has 0 bridgehead atoms. The van der Waals surface area contributed by atoms with Gasteiger partial charge in [-0.3, -0.25) is 4.79 Å². The van der Waals surface area contributed by atoms with Crippen molar-refractivity contribution in [2.75, 3.05) is 0 Å². The molecular weight excluding hydrogens is 287 g/mol. The van der Waals surface area contributed by atoms with Gasteiger partial charge in [-0.05, 0) is 13.0 Å². The van der Waals surface area contributed by atoms with Gasteiger partial charge in [-0.2, -0.15) is 0 Å². The minimum absolute atomic E-state index is 0.0452. The third kappa shape index (κ3) is 3.68. The van der Waals surface area contributed by atoms with Crippen molar-refractivity contribution >= 4 is 29.1 Å². The molecule has 1 N–H and O–H groups in total. The number of rotatable bonds is 4. The molecule has 19 heavy (non-hydrogen) atoms. The highest BCUT2D eigenvalue weighted by Crippen LogP contribution is 2.19. The maximum absolute atomic E-state index is 12.0. The number of hydrogen-bond donors (Lipinski definition) is 1.